The fourth-order valence-electron chi connectivity index (χ4n) is 5.92. The molecule has 1 aromatic heterocycles. The predicted molar refractivity (Wildman–Crippen MR) is 160 cm³/mol. The largest absolute Gasteiger partial charge is 0.471 e. The maximum Gasteiger partial charge on any atom is 0.471 e. The van der Waals surface area contributed by atoms with Crippen LogP contribution in [0.2, 0.25) is 0 Å². The Kier molecular flexibility index (Phi) is 8.97. The van der Waals surface area contributed by atoms with Crippen LogP contribution < -0.4 is 20.4 Å². The molecule has 3 aromatic rings. The minimum Gasteiger partial charge on any atom is -0.353 e. The third-order valence-corrected chi connectivity index (χ3v) is 8.11. The van der Waals surface area contributed by atoms with Gasteiger partial charge in [0.1, 0.15) is 17.3 Å². The van der Waals surface area contributed by atoms with Crippen molar-refractivity contribution < 1.29 is 31.5 Å². The van der Waals surface area contributed by atoms with Crippen LogP contribution in [0.15, 0.2) is 36.4 Å². The normalized spacial score (nSPS) is 17.0. The zero-order chi connectivity index (χ0) is 32.6. The van der Waals surface area contributed by atoms with Crippen molar-refractivity contribution in [2.24, 2.45) is 0 Å². The number of nitrogens with zero attached hydrogens (tertiary/aromatic N) is 5. The lowest BCUT2D eigenvalue weighted by Crippen LogP contribution is -2.45. The Morgan fingerprint density at radius 2 is 1.87 bits per heavy atom. The van der Waals surface area contributed by atoms with Gasteiger partial charge in [-0.1, -0.05) is 19.1 Å². The van der Waals surface area contributed by atoms with Gasteiger partial charge in [-0.05, 0) is 76.5 Å². The molecule has 5 rings (SSSR count). The Labute approximate surface area is 257 Å². The number of hydrogen-bond donors (Lipinski definition) is 2. The van der Waals surface area contributed by atoms with E-state index in [1.54, 1.807) is 13.0 Å². The fraction of sp³-hybridized carbons (Fsp3) is 0.419. The first-order valence-corrected chi connectivity index (χ1v) is 14.7. The molecule has 0 radical (unpaired) electrons. The van der Waals surface area contributed by atoms with Gasteiger partial charge >= 0.3 is 18.1 Å². The van der Waals surface area contributed by atoms with Crippen molar-refractivity contribution in [1.29, 1.82) is 0 Å². The molecule has 45 heavy (non-hydrogen) atoms. The first-order valence-electron chi connectivity index (χ1n) is 14.7. The number of rotatable bonds is 8. The summed E-state index contributed by atoms with van der Waals surface area (Å²) in [6.45, 7) is 8.83. The minimum absolute atomic E-state index is 0.0174. The van der Waals surface area contributed by atoms with Crippen LogP contribution in [-0.4, -0.2) is 64.7 Å². The zero-order valence-electron chi connectivity index (χ0n) is 25.3. The number of aryl methyl sites for hydroxylation is 1. The van der Waals surface area contributed by atoms with E-state index in [9.17, 15) is 22.8 Å². The van der Waals surface area contributed by atoms with E-state index in [1.165, 1.54) is 32.0 Å². The highest BCUT2D eigenvalue weighted by Gasteiger charge is 2.44. The number of likely N-dealkylation sites (N-methyl/N-ethyl adjacent to an activating group) is 1. The van der Waals surface area contributed by atoms with E-state index in [1.807, 2.05) is 0 Å². The smallest absolute Gasteiger partial charge is 0.353 e. The molecule has 1 saturated heterocycles. The molecule has 9 nitrogen and oxygen atoms in total. The van der Waals surface area contributed by atoms with Gasteiger partial charge in [0, 0.05) is 35.4 Å². The number of benzene rings is 2. The molecule has 1 atom stereocenters. The summed E-state index contributed by atoms with van der Waals surface area (Å²) in [4.78, 5) is 38.6. The van der Waals surface area contributed by atoms with Gasteiger partial charge in [0.2, 0.25) is 5.95 Å². The van der Waals surface area contributed by atoms with E-state index in [0.717, 1.165) is 43.0 Å². The van der Waals surface area contributed by atoms with Crippen molar-refractivity contribution in [3.05, 3.63) is 59.2 Å². The Hall–Kier alpha value is -4.33. The van der Waals surface area contributed by atoms with Crippen molar-refractivity contribution in [1.82, 2.24) is 20.2 Å². The molecule has 240 valence electrons. The van der Waals surface area contributed by atoms with Crippen LogP contribution in [-0.2, 0) is 11.3 Å². The number of hydrogen-bond acceptors (Lipinski definition) is 6. The van der Waals surface area contributed by atoms with Gasteiger partial charge in [-0.25, -0.2) is 23.5 Å². The molecule has 0 bridgehead atoms. The second-order valence-electron chi connectivity index (χ2n) is 11.3. The lowest BCUT2D eigenvalue weighted by Gasteiger charge is -2.32. The van der Waals surface area contributed by atoms with Gasteiger partial charge in [-0.15, -0.1) is 0 Å². The minimum atomic E-state index is -5.11. The summed E-state index contributed by atoms with van der Waals surface area (Å²) in [6.07, 6.45) is -3.15. The molecule has 3 heterocycles. The summed E-state index contributed by atoms with van der Waals surface area (Å²) in [7, 11) is 0. The first kappa shape index (κ1) is 32.1. The summed E-state index contributed by atoms with van der Waals surface area (Å²) in [5.41, 5.74) is 0.823. The molecule has 3 amide bonds. The van der Waals surface area contributed by atoms with Crippen molar-refractivity contribution in [3.8, 4) is 11.3 Å². The molecule has 2 aliphatic heterocycles. The first-order chi connectivity index (χ1) is 21.3. The van der Waals surface area contributed by atoms with Gasteiger partial charge in [-0.3, -0.25) is 9.69 Å². The Morgan fingerprint density at radius 3 is 2.51 bits per heavy atom. The molecule has 2 N–H and O–H groups in total. The van der Waals surface area contributed by atoms with Crippen molar-refractivity contribution in [2.45, 2.75) is 65.3 Å². The molecule has 2 aromatic carbocycles. The lowest BCUT2D eigenvalue weighted by molar-refractivity contribution is -0.170. The van der Waals surface area contributed by atoms with Crippen molar-refractivity contribution in [2.75, 3.05) is 34.8 Å². The summed E-state index contributed by atoms with van der Waals surface area (Å²) >= 11 is 0. The van der Waals surface area contributed by atoms with Crippen LogP contribution >= 0.6 is 0 Å². The van der Waals surface area contributed by atoms with Crippen LogP contribution in [0.4, 0.5) is 49.9 Å². The SMILES string of the molecule is CCN1CCCC1CNc1nc(-c2cc(N(C(=O)C(F)(F)F)C(C)C)ccc2C)c2c(n1)N(c1c(F)cccc1F)C(=O)NC2. The van der Waals surface area contributed by atoms with Crippen molar-refractivity contribution in [3.63, 3.8) is 0 Å². The number of carbonyl (C=O) groups excluding carboxylic acids is 2. The van der Waals surface area contributed by atoms with E-state index in [-0.39, 0.29) is 41.3 Å². The van der Waals surface area contributed by atoms with Crippen LogP contribution in [0.5, 0.6) is 0 Å². The molecule has 1 fully saturated rings. The van der Waals surface area contributed by atoms with Gasteiger partial charge in [0.05, 0.1) is 12.2 Å². The number of halogens is 5. The second kappa shape index (κ2) is 12.6. The number of nitrogens with one attached hydrogen (secondary N) is 2. The van der Waals surface area contributed by atoms with E-state index < -0.39 is 41.5 Å². The molecular weight excluding hydrogens is 597 g/mol. The molecule has 14 heteroatoms. The second-order valence-corrected chi connectivity index (χ2v) is 11.3. The molecule has 0 aliphatic carbocycles. The highest BCUT2D eigenvalue weighted by atomic mass is 19.4. The molecule has 2 aliphatic rings. The number of para-hydroxylation sites is 1. The van der Waals surface area contributed by atoms with Crippen LogP contribution in [0.1, 0.15) is 44.7 Å². The number of fused-ring (bicyclic) bond motifs is 1. The fourth-order valence-corrected chi connectivity index (χ4v) is 5.92. The number of urea groups is 1. The summed E-state index contributed by atoms with van der Waals surface area (Å²) in [6, 6.07) is 6.15. The van der Waals surface area contributed by atoms with E-state index in [4.69, 9.17) is 4.98 Å². The molecule has 1 unspecified atom stereocenters. The number of amides is 3. The number of alkyl halides is 3. The average Bonchev–Trinajstić information content (AvgIpc) is 3.44. The zero-order valence-corrected chi connectivity index (χ0v) is 25.3. The number of carbonyl (C=O) groups is 2. The maximum atomic E-state index is 15.1. The summed E-state index contributed by atoms with van der Waals surface area (Å²) in [5.74, 6) is -4.02. The quantitative estimate of drug-likeness (QED) is 0.284. The molecule has 0 spiro atoms. The number of anilines is 4. The van der Waals surface area contributed by atoms with Crippen molar-refractivity contribution >= 4 is 35.1 Å². The van der Waals surface area contributed by atoms with Gasteiger partial charge in [-0.2, -0.15) is 18.2 Å². The third kappa shape index (κ3) is 6.28. The topological polar surface area (TPSA) is 93.7 Å². The van der Waals surface area contributed by atoms with Gasteiger partial charge in [0.25, 0.3) is 0 Å². The number of likely N-dealkylation sites (tertiary alicyclic amines) is 1. The average molecular weight is 632 g/mol. The number of aromatic nitrogens is 2. The Morgan fingerprint density at radius 1 is 1.16 bits per heavy atom. The Balaban J connectivity index is 1.69. The van der Waals surface area contributed by atoms with E-state index >= 15 is 8.78 Å². The highest BCUT2D eigenvalue weighted by Crippen LogP contribution is 2.40. The maximum absolute atomic E-state index is 15.1. The third-order valence-electron chi connectivity index (χ3n) is 8.11. The molecular formula is C31H34F5N7O2. The van der Waals surface area contributed by atoms with Crippen LogP contribution in [0.25, 0.3) is 11.3 Å². The van der Waals surface area contributed by atoms with E-state index in [2.05, 4.69) is 27.4 Å². The predicted octanol–water partition coefficient (Wildman–Crippen LogP) is 6.29. The van der Waals surface area contributed by atoms with Crippen LogP contribution in [0, 0.1) is 18.6 Å². The van der Waals surface area contributed by atoms with Crippen LogP contribution in [0.3, 0.4) is 0 Å². The molecule has 0 saturated carbocycles. The summed E-state index contributed by atoms with van der Waals surface area (Å²) in [5, 5.41) is 5.82. The Bertz CT molecular complexity index is 1590. The standard InChI is InChI=1S/C31H34F5N7O2/c1-5-41-13-7-8-20(41)15-37-29-39-25(21-14-19(12-11-18(21)4)42(17(2)3)28(44)31(34,35)36)22-16-38-30(45)43(27(22)40-29)26-23(32)9-6-10-24(26)33/h6,9-12,14,17,20H,5,7-8,13,15-16H2,1-4H3,(H,38,45)(H,37,39,40). The monoisotopic (exact) mass is 631 g/mol. The van der Waals surface area contributed by atoms with Gasteiger partial charge in [0.15, 0.2) is 5.82 Å². The van der Waals surface area contributed by atoms with Gasteiger partial charge < -0.3 is 15.5 Å². The highest BCUT2D eigenvalue weighted by molar-refractivity contribution is 6.02. The van der Waals surface area contributed by atoms with E-state index in [0.29, 0.717) is 22.6 Å². The summed E-state index contributed by atoms with van der Waals surface area (Å²) < 4.78 is 70.8. The lowest BCUT2D eigenvalue weighted by atomic mass is 9.98.